The summed E-state index contributed by atoms with van der Waals surface area (Å²) >= 11 is 1.72. The zero-order valence-corrected chi connectivity index (χ0v) is 8.39. The maximum atomic E-state index is 8.93. The summed E-state index contributed by atoms with van der Waals surface area (Å²) in [6.07, 6.45) is 3.42. The van der Waals surface area contributed by atoms with E-state index in [1.54, 1.807) is 11.3 Å². The zero-order chi connectivity index (χ0) is 9.10. The number of aliphatic hydroxyl groups is 1. The summed E-state index contributed by atoms with van der Waals surface area (Å²) in [5, 5.41) is 16.7. The molecule has 0 bridgehead atoms. The molecule has 0 aliphatic heterocycles. The van der Waals surface area contributed by atoms with Crippen LogP contribution in [0, 0.1) is 0 Å². The van der Waals surface area contributed by atoms with E-state index in [9.17, 15) is 0 Å². The van der Waals surface area contributed by atoms with Gasteiger partial charge >= 0.3 is 0 Å². The SMILES string of the molecule is OCC[C@H](NC1CC1)c1ccsc1. The monoisotopic (exact) mass is 197 g/mol. The molecule has 3 heteroatoms. The molecule has 2 rings (SSSR count). The van der Waals surface area contributed by atoms with E-state index in [0.717, 1.165) is 6.42 Å². The normalized spacial score (nSPS) is 18.8. The third-order valence-corrected chi connectivity index (χ3v) is 3.08. The number of aliphatic hydroxyl groups excluding tert-OH is 1. The van der Waals surface area contributed by atoms with Gasteiger partial charge in [0.15, 0.2) is 0 Å². The standard InChI is InChI=1S/C10H15NOS/c12-5-3-10(11-9-1-2-9)8-4-6-13-7-8/h4,6-7,9-12H,1-3,5H2/t10-/m0/s1. The molecule has 0 amide bonds. The van der Waals surface area contributed by atoms with Gasteiger partial charge in [-0.15, -0.1) is 0 Å². The number of rotatable bonds is 5. The molecule has 0 unspecified atom stereocenters. The number of hydrogen-bond acceptors (Lipinski definition) is 3. The summed E-state index contributed by atoms with van der Waals surface area (Å²) in [5.74, 6) is 0. The third kappa shape index (κ3) is 2.53. The van der Waals surface area contributed by atoms with E-state index in [1.807, 2.05) is 0 Å². The van der Waals surface area contributed by atoms with Crippen LogP contribution in [0.1, 0.15) is 30.9 Å². The lowest BCUT2D eigenvalue weighted by atomic mass is 10.1. The van der Waals surface area contributed by atoms with Crippen LogP contribution in [0.3, 0.4) is 0 Å². The van der Waals surface area contributed by atoms with Gasteiger partial charge in [0.1, 0.15) is 0 Å². The minimum Gasteiger partial charge on any atom is -0.396 e. The average Bonchev–Trinajstić information content (AvgIpc) is 2.80. The van der Waals surface area contributed by atoms with Crippen LogP contribution in [0.4, 0.5) is 0 Å². The summed E-state index contributed by atoms with van der Waals surface area (Å²) in [4.78, 5) is 0. The molecule has 1 aromatic heterocycles. The highest BCUT2D eigenvalue weighted by Gasteiger charge is 2.25. The molecule has 1 fully saturated rings. The van der Waals surface area contributed by atoms with Gasteiger partial charge in [0, 0.05) is 18.7 Å². The van der Waals surface area contributed by atoms with Crippen molar-refractivity contribution in [2.45, 2.75) is 31.3 Å². The Kier molecular flexibility index (Phi) is 2.98. The fourth-order valence-electron chi connectivity index (χ4n) is 1.48. The number of hydrogen-bond donors (Lipinski definition) is 2. The van der Waals surface area contributed by atoms with E-state index < -0.39 is 0 Å². The minimum absolute atomic E-state index is 0.264. The molecule has 0 spiro atoms. The van der Waals surface area contributed by atoms with Crippen molar-refractivity contribution in [3.63, 3.8) is 0 Å². The summed E-state index contributed by atoms with van der Waals surface area (Å²) in [5.41, 5.74) is 1.32. The van der Waals surface area contributed by atoms with Gasteiger partial charge in [0.25, 0.3) is 0 Å². The van der Waals surface area contributed by atoms with Crippen molar-refractivity contribution in [3.8, 4) is 0 Å². The quantitative estimate of drug-likeness (QED) is 0.756. The molecular weight excluding hydrogens is 182 g/mol. The van der Waals surface area contributed by atoms with Crippen molar-refractivity contribution in [1.29, 1.82) is 0 Å². The Morgan fingerprint density at radius 2 is 2.46 bits per heavy atom. The second kappa shape index (κ2) is 4.22. The molecule has 1 atom stereocenters. The van der Waals surface area contributed by atoms with Crippen molar-refractivity contribution in [2.75, 3.05) is 6.61 Å². The summed E-state index contributed by atoms with van der Waals surface area (Å²) < 4.78 is 0. The fourth-order valence-corrected chi connectivity index (χ4v) is 2.20. The van der Waals surface area contributed by atoms with Crippen LogP contribution in [-0.2, 0) is 0 Å². The highest BCUT2D eigenvalue weighted by molar-refractivity contribution is 7.07. The Hall–Kier alpha value is -0.380. The summed E-state index contributed by atoms with van der Waals surface area (Å²) in [7, 11) is 0. The van der Waals surface area contributed by atoms with Crippen molar-refractivity contribution in [2.24, 2.45) is 0 Å². The van der Waals surface area contributed by atoms with Crippen LogP contribution in [0.25, 0.3) is 0 Å². The van der Waals surface area contributed by atoms with Gasteiger partial charge in [0.2, 0.25) is 0 Å². The molecule has 1 aromatic rings. The molecule has 1 heterocycles. The van der Waals surface area contributed by atoms with E-state index in [1.165, 1.54) is 18.4 Å². The highest BCUT2D eigenvalue weighted by atomic mass is 32.1. The summed E-state index contributed by atoms with van der Waals surface area (Å²) in [6.45, 7) is 0.264. The van der Waals surface area contributed by atoms with E-state index >= 15 is 0 Å². The summed E-state index contributed by atoms with van der Waals surface area (Å²) in [6, 6.07) is 3.21. The predicted octanol–water partition coefficient (Wildman–Crippen LogP) is 1.92. The Morgan fingerprint density at radius 3 is 3.00 bits per heavy atom. The van der Waals surface area contributed by atoms with E-state index in [-0.39, 0.29) is 6.61 Å². The van der Waals surface area contributed by atoms with Crippen molar-refractivity contribution in [1.82, 2.24) is 5.32 Å². The van der Waals surface area contributed by atoms with Gasteiger partial charge < -0.3 is 10.4 Å². The molecule has 1 aliphatic carbocycles. The lowest BCUT2D eigenvalue weighted by Gasteiger charge is -2.15. The van der Waals surface area contributed by atoms with Gasteiger partial charge in [0.05, 0.1) is 0 Å². The number of thiophene rings is 1. The van der Waals surface area contributed by atoms with Crippen molar-refractivity contribution >= 4 is 11.3 Å². The maximum absolute atomic E-state index is 8.93. The van der Waals surface area contributed by atoms with E-state index in [2.05, 4.69) is 22.1 Å². The fraction of sp³-hybridized carbons (Fsp3) is 0.600. The second-order valence-electron chi connectivity index (χ2n) is 3.56. The Labute approximate surface area is 82.6 Å². The molecule has 0 radical (unpaired) electrons. The molecule has 1 aliphatic rings. The first-order valence-corrected chi connectivity index (χ1v) is 5.73. The molecule has 2 nitrogen and oxygen atoms in total. The van der Waals surface area contributed by atoms with Gasteiger partial charge in [-0.05, 0) is 41.7 Å². The van der Waals surface area contributed by atoms with Crippen LogP contribution in [0.15, 0.2) is 16.8 Å². The first-order chi connectivity index (χ1) is 6.40. The smallest absolute Gasteiger partial charge is 0.0449 e. The predicted molar refractivity (Wildman–Crippen MR) is 54.9 cm³/mol. The molecule has 0 saturated heterocycles. The Bertz CT molecular complexity index is 243. The van der Waals surface area contributed by atoms with Crippen molar-refractivity contribution in [3.05, 3.63) is 22.4 Å². The van der Waals surface area contributed by atoms with Gasteiger partial charge in [-0.2, -0.15) is 11.3 Å². The van der Waals surface area contributed by atoms with Gasteiger partial charge in [-0.3, -0.25) is 0 Å². The molecular formula is C10H15NOS. The number of nitrogens with one attached hydrogen (secondary N) is 1. The Morgan fingerprint density at radius 1 is 1.62 bits per heavy atom. The van der Waals surface area contributed by atoms with Crippen molar-refractivity contribution < 1.29 is 5.11 Å². The van der Waals surface area contributed by atoms with Crippen LogP contribution < -0.4 is 5.32 Å². The topological polar surface area (TPSA) is 32.3 Å². The highest BCUT2D eigenvalue weighted by Crippen LogP contribution is 2.26. The second-order valence-corrected chi connectivity index (χ2v) is 4.34. The lowest BCUT2D eigenvalue weighted by molar-refractivity contribution is 0.265. The lowest BCUT2D eigenvalue weighted by Crippen LogP contribution is -2.23. The van der Waals surface area contributed by atoms with E-state index in [4.69, 9.17) is 5.11 Å². The molecule has 1 saturated carbocycles. The zero-order valence-electron chi connectivity index (χ0n) is 7.57. The average molecular weight is 197 g/mol. The minimum atomic E-state index is 0.264. The largest absolute Gasteiger partial charge is 0.396 e. The Balaban J connectivity index is 1.95. The van der Waals surface area contributed by atoms with Crippen LogP contribution in [0.5, 0.6) is 0 Å². The van der Waals surface area contributed by atoms with Gasteiger partial charge in [-0.25, -0.2) is 0 Å². The first kappa shape index (κ1) is 9.19. The van der Waals surface area contributed by atoms with Crippen LogP contribution >= 0.6 is 11.3 Å². The van der Waals surface area contributed by atoms with Gasteiger partial charge in [-0.1, -0.05) is 0 Å². The first-order valence-electron chi connectivity index (χ1n) is 4.79. The molecule has 0 aromatic carbocycles. The molecule has 72 valence electrons. The molecule has 2 N–H and O–H groups in total. The maximum Gasteiger partial charge on any atom is 0.0449 e. The van der Waals surface area contributed by atoms with Crippen LogP contribution in [-0.4, -0.2) is 17.8 Å². The third-order valence-electron chi connectivity index (χ3n) is 2.38. The van der Waals surface area contributed by atoms with E-state index in [0.29, 0.717) is 12.1 Å². The molecule has 13 heavy (non-hydrogen) atoms. The van der Waals surface area contributed by atoms with Crippen LogP contribution in [0.2, 0.25) is 0 Å².